The molecule has 0 fully saturated rings. The Hall–Kier alpha value is -1.88. The first-order valence-electron chi connectivity index (χ1n) is 5.11. The van der Waals surface area contributed by atoms with Gasteiger partial charge >= 0.3 is 0 Å². The summed E-state index contributed by atoms with van der Waals surface area (Å²) in [5.41, 5.74) is 3.24. The van der Waals surface area contributed by atoms with E-state index in [-0.39, 0.29) is 5.91 Å². The van der Waals surface area contributed by atoms with Gasteiger partial charge in [-0.05, 0) is 18.2 Å². The number of amides is 1. The second kappa shape index (κ2) is 5.45. The van der Waals surface area contributed by atoms with E-state index < -0.39 is 0 Å². The minimum atomic E-state index is -0.121. The van der Waals surface area contributed by atoms with Gasteiger partial charge in [0.25, 0.3) is 5.91 Å². The molecule has 1 aromatic heterocycles. The molecular formula is C12H12N2O2S. The van der Waals surface area contributed by atoms with E-state index in [0.29, 0.717) is 17.9 Å². The van der Waals surface area contributed by atoms with Gasteiger partial charge in [0.15, 0.2) is 0 Å². The van der Waals surface area contributed by atoms with Gasteiger partial charge in [0.05, 0.1) is 11.2 Å². The third-order valence-corrected chi connectivity index (χ3v) is 2.83. The summed E-state index contributed by atoms with van der Waals surface area (Å²) in [6.07, 6.45) is 0. The van der Waals surface area contributed by atoms with E-state index in [1.807, 2.05) is 11.4 Å². The zero-order valence-electron chi connectivity index (χ0n) is 9.34. The smallest absolute Gasteiger partial charge is 0.251 e. The molecule has 0 saturated heterocycles. The second-order valence-electron chi connectivity index (χ2n) is 3.38. The van der Waals surface area contributed by atoms with Gasteiger partial charge in [-0.25, -0.2) is 4.98 Å². The summed E-state index contributed by atoms with van der Waals surface area (Å²) in [6, 6.07) is 7.07. The normalized spacial score (nSPS) is 9.94. The van der Waals surface area contributed by atoms with Crippen molar-refractivity contribution in [2.75, 3.05) is 7.05 Å². The molecule has 0 unspecified atom stereocenters. The van der Waals surface area contributed by atoms with Gasteiger partial charge in [-0.2, -0.15) is 0 Å². The molecule has 0 atom stereocenters. The second-order valence-corrected chi connectivity index (χ2v) is 4.09. The van der Waals surface area contributed by atoms with Gasteiger partial charge in [0.1, 0.15) is 12.4 Å². The van der Waals surface area contributed by atoms with Crippen LogP contribution in [0.25, 0.3) is 0 Å². The number of thiazole rings is 1. The Bertz CT molecular complexity index is 497. The summed E-state index contributed by atoms with van der Waals surface area (Å²) >= 11 is 1.53. The largest absolute Gasteiger partial charge is 0.487 e. The maximum absolute atomic E-state index is 11.4. The lowest BCUT2D eigenvalue weighted by molar-refractivity contribution is 0.0962. The first-order chi connectivity index (χ1) is 8.29. The third-order valence-electron chi connectivity index (χ3n) is 2.19. The molecule has 0 saturated carbocycles. The number of aromatic nitrogens is 1. The van der Waals surface area contributed by atoms with Gasteiger partial charge in [-0.3, -0.25) is 4.79 Å². The average Bonchev–Trinajstić information content (AvgIpc) is 2.89. The van der Waals surface area contributed by atoms with Crippen molar-refractivity contribution in [1.82, 2.24) is 10.3 Å². The van der Waals surface area contributed by atoms with Crippen LogP contribution in [-0.2, 0) is 6.61 Å². The highest BCUT2D eigenvalue weighted by Crippen LogP contribution is 2.15. The van der Waals surface area contributed by atoms with E-state index in [0.717, 1.165) is 5.69 Å². The minimum Gasteiger partial charge on any atom is -0.487 e. The Labute approximate surface area is 103 Å². The Balaban J connectivity index is 2.03. The Kier molecular flexibility index (Phi) is 3.72. The molecule has 0 radical (unpaired) electrons. The molecule has 0 aliphatic heterocycles. The minimum absolute atomic E-state index is 0.121. The van der Waals surface area contributed by atoms with Crippen LogP contribution in [0.15, 0.2) is 35.2 Å². The number of ether oxygens (including phenoxy) is 1. The van der Waals surface area contributed by atoms with E-state index in [2.05, 4.69) is 10.3 Å². The van der Waals surface area contributed by atoms with Crippen molar-refractivity contribution in [3.63, 3.8) is 0 Å². The lowest BCUT2D eigenvalue weighted by atomic mass is 10.2. The van der Waals surface area contributed by atoms with Crippen molar-refractivity contribution in [3.8, 4) is 5.75 Å². The molecule has 5 heteroatoms. The summed E-state index contributed by atoms with van der Waals surface area (Å²) in [7, 11) is 1.60. The fourth-order valence-corrected chi connectivity index (χ4v) is 1.88. The molecule has 0 spiro atoms. The molecule has 0 aliphatic rings. The Morgan fingerprint density at radius 3 is 3.12 bits per heavy atom. The summed E-state index contributed by atoms with van der Waals surface area (Å²) in [5.74, 6) is 0.545. The zero-order chi connectivity index (χ0) is 12.1. The number of carbonyl (C=O) groups is 1. The summed E-state index contributed by atoms with van der Waals surface area (Å²) in [4.78, 5) is 15.5. The average molecular weight is 248 g/mol. The number of benzene rings is 1. The number of hydrogen-bond acceptors (Lipinski definition) is 4. The number of carbonyl (C=O) groups excluding carboxylic acids is 1. The summed E-state index contributed by atoms with van der Waals surface area (Å²) in [5, 5.41) is 4.51. The first kappa shape index (κ1) is 11.6. The molecule has 4 nitrogen and oxygen atoms in total. The molecule has 17 heavy (non-hydrogen) atoms. The zero-order valence-corrected chi connectivity index (χ0v) is 10.2. The van der Waals surface area contributed by atoms with Crippen molar-refractivity contribution < 1.29 is 9.53 Å². The van der Waals surface area contributed by atoms with E-state index in [4.69, 9.17) is 4.74 Å². The SMILES string of the molecule is CNC(=O)c1cccc(OCc2cscn2)c1. The Morgan fingerprint density at radius 2 is 2.41 bits per heavy atom. The van der Waals surface area contributed by atoms with Crippen LogP contribution in [0.1, 0.15) is 16.1 Å². The van der Waals surface area contributed by atoms with Crippen LogP contribution >= 0.6 is 11.3 Å². The maximum Gasteiger partial charge on any atom is 0.251 e. The highest BCUT2D eigenvalue weighted by atomic mass is 32.1. The van der Waals surface area contributed by atoms with E-state index in [1.54, 1.807) is 30.8 Å². The van der Waals surface area contributed by atoms with Crippen LogP contribution < -0.4 is 10.1 Å². The van der Waals surface area contributed by atoms with Gasteiger partial charge in [0.2, 0.25) is 0 Å². The van der Waals surface area contributed by atoms with Crippen LogP contribution in [0.4, 0.5) is 0 Å². The highest BCUT2D eigenvalue weighted by molar-refractivity contribution is 7.07. The van der Waals surface area contributed by atoms with E-state index in [1.165, 1.54) is 11.3 Å². The molecule has 1 N–H and O–H groups in total. The predicted molar refractivity (Wildman–Crippen MR) is 66.3 cm³/mol. The van der Waals surface area contributed by atoms with Gasteiger partial charge in [-0.15, -0.1) is 11.3 Å². The Morgan fingerprint density at radius 1 is 1.53 bits per heavy atom. The van der Waals surface area contributed by atoms with E-state index in [9.17, 15) is 4.79 Å². The quantitative estimate of drug-likeness (QED) is 0.901. The molecule has 1 heterocycles. The number of nitrogens with zero attached hydrogens (tertiary/aromatic N) is 1. The molecular weight excluding hydrogens is 236 g/mol. The van der Waals surface area contributed by atoms with Gasteiger partial charge in [0, 0.05) is 18.0 Å². The van der Waals surface area contributed by atoms with Crippen LogP contribution in [0, 0.1) is 0 Å². The molecule has 0 bridgehead atoms. The lowest BCUT2D eigenvalue weighted by Crippen LogP contribution is -2.17. The molecule has 0 aliphatic carbocycles. The van der Waals surface area contributed by atoms with E-state index >= 15 is 0 Å². The summed E-state index contributed by atoms with van der Waals surface area (Å²) < 4.78 is 5.55. The number of nitrogens with one attached hydrogen (secondary N) is 1. The van der Waals surface area contributed by atoms with Crippen molar-refractivity contribution in [1.29, 1.82) is 0 Å². The topological polar surface area (TPSA) is 51.2 Å². The van der Waals surface area contributed by atoms with Crippen LogP contribution in [-0.4, -0.2) is 17.9 Å². The molecule has 1 aromatic carbocycles. The number of rotatable bonds is 4. The predicted octanol–water partition coefficient (Wildman–Crippen LogP) is 2.08. The summed E-state index contributed by atoms with van der Waals surface area (Å²) in [6.45, 7) is 0.417. The standard InChI is InChI=1S/C12H12N2O2S/c1-13-12(15)9-3-2-4-11(5-9)16-6-10-7-17-8-14-10/h2-5,7-8H,6H2,1H3,(H,13,15). The maximum atomic E-state index is 11.4. The monoisotopic (exact) mass is 248 g/mol. The van der Waals surface area contributed by atoms with Crippen molar-refractivity contribution in [2.45, 2.75) is 6.61 Å². The molecule has 2 aromatic rings. The van der Waals surface area contributed by atoms with Crippen molar-refractivity contribution in [2.24, 2.45) is 0 Å². The van der Waals surface area contributed by atoms with Crippen molar-refractivity contribution >= 4 is 17.2 Å². The highest BCUT2D eigenvalue weighted by Gasteiger charge is 2.04. The molecule has 2 rings (SSSR count). The fraction of sp³-hybridized carbons (Fsp3) is 0.167. The number of hydrogen-bond donors (Lipinski definition) is 1. The van der Waals surface area contributed by atoms with Crippen LogP contribution in [0.3, 0.4) is 0 Å². The fourth-order valence-electron chi connectivity index (χ4n) is 1.34. The lowest BCUT2D eigenvalue weighted by Gasteiger charge is -2.06. The van der Waals surface area contributed by atoms with Crippen LogP contribution in [0.5, 0.6) is 5.75 Å². The molecule has 88 valence electrons. The van der Waals surface area contributed by atoms with Gasteiger partial charge in [-0.1, -0.05) is 6.07 Å². The molecule has 1 amide bonds. The first-order valence-corrected chi connectivity index (χ1v) is 6.06. The van der Waals surface area contributed by atoms with Gasteiger partial charge < -0.3 is 10.1 Å². The van der Waals surface area contributed by atoms with Crippen LogP contribution in [0.2, 0.25) is 0 Å². The van der Waals surface area contributed by atoms with Crippen molar-refractivity contribution in [3.05, 3.63) is 46.4 Å². The third kappa shape index (κ3) is 3.04.